The quantitative estimate of drug-likeness (QED) is 0.736. The van der Waals surface area contributed by atoms with Crippen LogP contribution >= 0.6 is 0 Å². The van der Waals surface area contributed by atoms with Gasteiger partial charge in [0, 0.05) is 12.7 Å². The number of aliphatic hydroxyl groups excluding tert-OH is 1. The van der Waals surface area contributed by atoms with Crippen molar-refractivity contribution in [3.63, 3.8) is 0 Å². The van der Waals surface area contributed by atoms with Gasteiger partial charge in [0.05, 0.1) is 19.3 Å². The first-order valence-electron chi connectivity index (χ1n) is 7.23. The highest BCUT2D eigenvalue weighted by atomic mass is 32.2. The molecular formula is C13H21N3O3S. The average molecular weight is 299 g/mol. The van der Waals surface area contributed by atoms with E-state index in [9.17, 15) is 8.42 Å². The first kappa shape index (κ1) is 14.0. The molecule has 0 bridgehead atoms. The van der Waals surface area contributed by atoms with Gasteiger partial charge in [0.2, 0.25) is 10.0 Å². The van der Waals surface area contributed by atoms with Crippen LogP contribution in [0, 0.1) is 17.8 Å². The second kappa shape index (κ2) is 5.46. The molecule has 2 aliphatic carbocycles. The summed E-state index contributed by atoms with van der Waals surface area (Å²) in [6.45, 7) is 0.797. The highest BCUT2D eigenvalue weighted by molar-refractivity contribution is 7.89. The number of hydrogen-bond donors (Lipinski definition) is 2. The van der Waals surface area contributed by atoms with Gasteiger partial charge in [-0.15, -0.1) is 0 Å². The normalized spacial score (nSPS) is 19.7. The fourth-order valence-electron chi connectivity index (χ4n) is 2.76. The predicted octanol–water partition coefficient (Wildman–Crippen LogP) is 0.590. The summed E-state index contributed by atoms with van der Waals surface area (Å²) in [4.78, 5) is 0.177. The van der Waals surface area contributed by atoms with Crippen LogP contribution in [-0.4, -0.2) is 36.5 Å². The zero-order chi connectivity index (χ0) is 14.2. The smallest absolute Gasteiger partial charge is 0.243 e. The first-order chi connectivity index (χ1) is 9.60. The maximum atomic E-state index is 12.2. The van der Waals surface area contributed by atoms with Gasteiger partial charge in [0.1, 0.15) is 4.90 Å². The van der Waals surface area contributed by atoms with Crippen molar-refractivity contribution < 1.29 is 13.5 Å². The molecule has 0 saturated heterocycles. The van der Waals surface area contributed by atoms with Crippen molar-refractivity contribution in [3.05, 3.63) is 12.4 Å². The lowest BCUT2D eigenvalue weighted by molar-refractivity contribution is 0.269. The average Bonchev–Trinajstić information content (AvgIpc) is 3.32. The molecule has 1 aromatic heterocycles. The van der Waals surface area contributed by atoms with Crippen molar-refractivity contribution in [1.29, 1.82) is 0 Å². The fourth-order valence-corrected chi connectivity index (χ4v) is 3.79. The summed E-state index contributed by atoms with van der Waals surface area (Å²) in [5.41, 5.74) is 0. The standard InChI is InChI=1S/C13H21N3O3S/c17-6-5-16-9-12(7-14-16)20(18,19)15-8-13(10-1-2-10)11-3-4-11/h7,9-11,13,15,17H,1-6,8H2. The SMILES string of the molecule is O=S(=O)(NCC(C1CC1)C1CC1)c1cnn(CCO)c1. The monoisotopic (exact) mass is 299 g/mol. The third-order valence-electron chi connectivity index (χ3n) is 4.21. The topological polar surface area (TPSA) is 84.2 Å². The van der Waals surface area contributed by atoms with Gasteiger partial charge in [-0.3, -0.25) is 4.68 Å². The van der Waals surface area contributed by atoms with Gasteiger partial charge < -0.3 is 5.11 Å². The third-order valence-corrected chi connectivity index (χ3v) is 5.59. The van der Waals surface area contributed by atoms with E-state index in [-0.39, 0.29) is 11.5 Å². The molecule has 2 fully saturated rings. The molecule has 2 aliphatic rings. The van der Waals surface area contributed by atoms with Gasteiger partial charge in [0.25, 0.3) is 0 Å². The Kier molecular flexibility index (Phi) is 3.83. The number of aliphatic hydroxyl groups is 1. The number of sulfonamides is 1. The van der Waals surface area contributed by atoms with Crippen LogP contribution in [-0.2, 0) is 16.6 Å². The maximum Gasteiger partial charge on any atom is 0.243 e. The summed E-state index contributed by atoms with van der Waals surface area (Å²) >= 11 is 0. The number of nitrogens with one attached hydrogen (secondary N) is 1. The second-order valence-corrected chi connectivity index (χ2v) is 7.62. The summed E-state index contributed by atoms with van der Waals surface area (Å²) in [5.74, 6) is 1.96. The van der Waals surface area contributed by atoms with Gasteiger partial charge in [-0.1, -0.05) is 0 Å². The molecule has 3 rings (SSSR count). The molecule has 0 aromatic carbocycles. The van der Waals surface area contributed by atoms with E-state index in [4.69, 9.17) is 5.11 Å². The molecule has 0 amide bonds. The van der Waals surface area contributed by atoms with E-state index in [0.717, 1.165) is 11.8 Å². The Labute approximate surface area is 119 Å². The number of nitrogens with zero attached hydrogens (tertiary/aromatic N) is 2. The Bertz CT molecular complexity index is 549. The molecule has 0 unspecified atom stereocenters. The summed E-state index contributed by atoms with van der Waals surface area (Å²) < 4.78 is 28.6. The molecular weight excluding hydrogens is 278 g/mol. The van der Waals surface area contributed by atoms with Gasteiger partial charge >= 0.3 is 0 Å². The molecule has 6 nitrogen and oxygen atoms in total. The number of hydrogen-bond acceptors (Lipinski definition) is 4. The zero-order valence-corrected chi connectivity index (χ0v) is 12.2. The van der Waals surface area contributed by atoms with E-state index in [1.54, 1.807) is 0 Å². The zero-order valence-electron chi connectivity index (χ0n) is 11.4. The molecule has 1 aromatic rings. The van der Waals surface area contributed by atoms with E-state index in [1.807, 2.05) is 0 Å². The minimum absolute atomic E-state index is 0.0555. The number of rotatable bonds is 8. The Morgan fingerprint density at radius 2 is 2.00 bits per heavy atom. The molecule has 0 aliphatic heterocycles. The lowest BCUT2D eigenvalue weighted by Gasteiger charge is -2.15. The van der Waals surface area contributed by atoms with E-state index >= 15 is 0 Å². The van der Waals surface area contributed by atoms with Crippen LogP contribution in [0.15, 0.2) is 17.3 Å². The molecule has 2 saturated carbocycles. The van der Waals surface area contributed by atoms with Crippen LogP contribution in [0.1, 0.15) is 25.7 Å². The lowest BCUT2D eigenvalue weighted by atomic mass is 9.99. The van der Waals surface area contributed by atoms with Crippen molar-refractivity contribution in [3.8, 4) is 0 Å². The molecule has 0 radical (unpaired) electrons. The minimum Gasteiger partial charge on any atom is -0.394 e. The van der Waals surface area contributed by atoms with Crippen LogP contribution in [0.3, 0.4) is 0 Å². The van der Waals surface area contributed by atoms with Crippen molar-refractivity contribution in [1.82, 2.24) is 14.5 Å². The summed E-state index contributed by atoms with van der Waals surface area (Å²) in [6.07, 6.45) is 7.78. The summed E-state index contributed by atoms with van der Waals surface area (Å²) in [7, 11) is -3.48. The van der Waals surface area contributed by atoms with Gasteiger partial charge in [-0.05, 0) is 43.4 Å². The lowest BCUT2D eigenvalue weighted by Crippen LogP contribution is -2.31. The molecule has 1 heterocycles. The fraction of sp³-hybridized carbons (Fsp3) is 0.769. The Balaban J connectivity index is 1.61. The van der Waals surface area contributed by atoms with Crippen molar-refractivity contribution in [2.75, 3.05) is 13.2 Å². The van der Waals surface area contributed by atoms with Crippen LogP contribution in [0.5, 0.6) is 0 Å². The number of aromatic nitrogens is 2. The van der Waals surface area contributed by atoms with E-state index in [0.29, 0.717) is 19.0 Å². The van der Waals surface area contributed by atoms with Gasteiger partial charge in [-0.2, -0.15) is 5.10 Å². The van der Waals surface area contributed by atoms with E-state index in [1.165, 1.54) is 42.8 Å². The minimum atomic E-state index is -3.48. The maximum absolute atomic E-state index is 12.2. The van der Waals surface area contributed by atoms with Crippen molar-refractivity contribution >= 4 is 10.0 Å². The summed E-state index contributed by atoms with van der Waals surface area (Å²) in [6, 6.07) is 0. The third kappa shape index (κ3) is 3.21. The molecule has 20 heavy (non-hydrogen) atoms. The highest BCUT2D eigenvalue weighted by Crippen LogP contribution is 2.48. The van der Waals surface area contributed by atoms with Crippen LogP contribution in [0.25, 0.3) is 0 Å². The molecule has 112 valence electrons. The predicted molar refractivity (Wildman–Crippen MR) is 73.4 cm³/mol. The van der Waals surface area contributed by atoms with E-state index in [2.05, 4.69) is 9.82 Å². The Morgan fingerprint density at radius 1 is 1.35 bits per heavy atom. The molecule has 0 spiro atoms. The van der Waals surface area contributed by atoms with Gasteiger partial charge in [-0.25, -0.2) is 13.1 Å². The molecule has 2 N–H and O–H groups in total. The van der Waals surface area contributed by atoms with Crippen molar-refractivity contribution in [2.45, 2.75) is 37.1 Å². The van der Waals surface area contributed by atoms with E-state index < -0.39 is 10.0 Å². The molecule has 0 atom stereocenters. The Hall–Kier alpha value is -0.920. The van der Waals surface area contributed by atoms with Crippen LogP contribution < -0.4 is 4.72 Å². The molecule has 7 heteroatoms. The summed E-state index contributed by atoms with van der Waals surface area (Å²) in [5, 5.41) is 12.7. The van der Waals surface area contributed by atoms with Crippen molar-refractivity contribution in [2.24, 2.45) is 17.8 Å². The van der Waals surface area contributed by atoms with Gasteiger partial charge in [0.15, 0.2) is 0 Å². The highest BCUT2D eigenvalue weighted by Gasteiger charge is 2.41. The van der Waals surface area contributed by atoms with Crippen LogP contribution in [0.2, 0.25) is 0 Å². The largest absolute Gasteiger partial charge is 0.394 e. The second-order valence-electron chi connectivity index (χ2n) is 5.85. The first-order valence-corrected chi connectivity index (χ1v) is 8.71. The Morgan fingerprint density at radius 3 is 2.55 bits per heavy atom. The van der Waals surface area contributed by atoms with Crippen LogP contribution in [0.4, 0.5) is 0 Å².